The standard InChI is InChI=1S/C14H26O3/c1-3-4-5-6-7-8-9-10-11-12-14(16)17-13(2)15/h3-12H2,1-2H3. The molecule has 3 nitrogen and oxygen atoms in total. The summed E-state index contributed by atoms with van der Waals surface area (Å²) >= 11 is 0. The average Bonchev–Trinajstić information content (AvgIpc) is 2.26. The second-order valence-electron chi connectivity index (χ2n) is 4.54. The van der Waals surface area contributed by atoms with E-state index >= 15 is 0 Å². The van der Waals surface area contributed by atoms with Gasteiger partial charge in [-0.1, -0.05) is 58.3 Å². The van der Waals surface area contributed by atoms with E-state index < -0.39 is 5.97 Å². The number of carbonyl (C=O) groups is 2. The molecular weight excluding hydrogens is 216 g/mol. The fourth-order valence-corrected chi connectivity index (χ4v) is 1.79. The van der Waals surface area contributed by atoms with Crippen molar-refractivity contribution in [3.05, 3.63) is 0 Å². The van der Waals surface area contributed by atoms with Crippen molar-refractivity contribution in [1.82, 2.24) is 0 Å². The summed E-state index contributed by atoms with van der Waals surface area (Å²) < 4.78 is 4.44. The van der Waals surface area contributed by atoms with Crippen LogP contribution in [0.2, 0.25) is 0 Å². The van der Waals surface area contributed by atoms with Gasteiger partial charge in [0.05, 0.1) is 0 Å². The van der Waals surface area contributed by atoms with Crippen LogP contribution < -0.4 is 0 Å². The Labute approximate surface area is 105 Å². The molecule has 0 saturated carbocycles. The van der Waals surface area contributed by atoms with E-state index in [2.05, 4.69) is 11.7 Å². The first-order chi connectivity index (χ1) is 8.16. The van der Waals surface area contributed by atoms with Crippen molar-refractivity contribution in [2.24, 2.45) is 0 Å². The minimum absolute atomic E-state index is 0.370. The van der Waals surface area contributed by atoms with E-state index in [1.54, 1.807) is 0 Å². The maximum atomic E-state index is 11.0. The summed E-state index contributed by atoms with van der Waals surface area (Å²) in [6, 6.07) is 0. The highest BCUT2D eigenvalue weighted by Gasteiger charge is 2.04. The summed E-state index contributed by atoms with van der Waals surface area (Å²) in [5.41, 5.74) is 0. The molecule has 0 bridgehead atoms. The summed E-state index contributed by atoms with van der Waals surface area (Å²) in [7, 11) is 0. The van der Waals surface area contributed by atoms with Crippen LogP contribution in [-0.4, -0.2) is 11.9 Å². The van der Waals surface area contributed by atoms with Crippen LogP contribution in [-0.2, 0) is 14.3 Å². The third-order valence-electron chi connectivity index (χ3n) is 2.74. The maximum absolute atomic E-state index is 11.0. The number of ether oxygens (including phenoxy) is 1. The number of hydrogen-bond acceptors (Lipinski definition) is 3. The van der Waals surface area contributed by atoms with Gasteiger partial charge in [0.15, 0.2) is 0 Å². The third kappa shape index (κ3) is 13.1. The lowest BCUT2D eigenvalue weighted by atomic mass is 10.1. The van der Waals surface area contributed by atoms with Gasteiger partial charge in [0.25, 0.3) is 0 Å². The number of unbranched alkanes of at least 4 members (excludes halogenated alkanes) is 8. The first-order valence-electron chi connectivity index (χ1n) is 6.88. The first-order valence-corrected chi connectivity index (χ1v) is 6.88. The highest BCUT2D eigenvalue weighted by molar-refractivity contribution is 5.83. The lowest BCUT2D eigenvalue weighted by molar-refractivity contribution is -0.158. The minimum atomic E-state index is -0.508. The van der Waals surface area contributed by atoms with Crippen LogP contribution in [0.25, 0.3) is 0 Å². The van der Waals surface area contributed by atoms with Gasteiger partial charge in [-0.3, -0.25) is 9.59 Å². The second-order valence-corrected chi connectivity index (χ2v) is 4.54. The molecule has 0 aromatic heterocycles. The Morgan fingerprint density at radius 1 is 0.824 bits per heavy atom. The molecule has 0 aliphatic carbocycles. The largest absolute Gasteiger partial charge is 0.393 e. The van der Waals surface area contributed by atoms with Gasteiger partial charge in [-0.25, -0.2) is 0 Å². The van der Waals surface area contributed by atoms with E-state index in [0.717, 1.165) is 12.8 Å². The van der Waals surface area contributed by atoms with Gasteiger partial charge in [-0.05, 0) is 6.42 Å². The van der Waals surface area contributed by atoms with Crippen molar-refractivity contribution in [2.75, 3.05) is 0 Å². The summed E-state index contributed by atoms with van der Waals surface area (Å²) in [6.07, 6.45) is 11.3. The van der Waals surface area contributed by atoms with Crippen LogP contribution in [0, 0.1) is 0 Å². The van der Waals surface area contributed by atoms with E-state index in [1.807, 2.05) is 0 Å². The third-order valence-corrected chi connectivity index (χ3v) is 2.74. The summed E-state index contributed by atoms with van der Waals surface area (Å²) in [5, 5.41) is 0. The van der Waals surface area contributed by atoms with Crippen LogP contribution in [0.1, 0.15) is 78.1 Å². The molecule has 0 aliphatic rings. The van der Waals surface area contributed by atoms with Gasteiger partial charge in [-0.15, -0.1) is 0 Å². The summed E-state index contributed by atoms with van der Waals surface area (Å²) in [5.74, 6) is -0.897. The van der Waals surface area contributed by atoms with Crippen molar-refractivity contribution in [3.8, 4) is 0 Å². The monoisotopic (exact) mass is 242 g/mol. The molecule has 100 valence electrons. The van der Waals surface area contributed by atoms with Crippen LogP contribution in [0.4, 0.5) is 0 Å². The maximum Gasteiger partial charge on any atom is 0.313 e. The molecule has 0 aromatic rings. The molecule has 0 unspecified atom stereocenters. The zero-order valence-corrected chi connectivity index (χ0v) is 11.3. The molecule has 0 aromatic carbocycles. The molecule has 0 spiro atoms. The van der Waals surface area contributed by atoms with E-state index in [1.165, 1.54) is 51.9 Å². The zero-order valence-electron chi connectivity index (χ0n) is 11.3. The fraction of sp³-hybridized carbons (Fsp3) is 0.857. The molecule has 3 heteroatoms. The topological polar surface area (TPSA) is 43.4 Å². The molecule has 0 rings (SSSR count). The Morgan fingerprint density at radius 3 is 1.76 bits per heavy atom. The second kappa shape index (κ2) is 11.6. The number of esters is 2. The van der Waals surface area contributed by atoms with Crippen molar-refractivity contribution in [2.45, 2.75) is 78.1 Å². The van der Waals surface area contributed by atoms with Crippen LogP contribution in [0.15, 0.2) is 0 Å². The molecular formula is C14H26O3. The average molecular weight is 242 g/mol. The molecule has 0 N–H and O–H groups in total. The summed E-state index contributed by atoms with van der Waals surface area (Å²) in [4.78, 5) is 21.5. The first kappa shape index (κ1) is 16.1. The molecule has 0 aliphatic heterocycles. The summed E-state index contributed by atoms with van der Waals surface area (Å²) in [6.45, 7) is 3.48. The predicted octanol–water partition coefficient (Wildman–Crippen LogP) is 4.00. The number of rotatable bonds is 10. The Kier molecular flexibility index (Phi) is 11.0. The van der Waals surface area contributed by atoms with Gasteiger partial charge >= 0.3 is 11.9 Å². The van der Waals surface area contributed by atoms with Crippen LogP contribution in [0.5, 0.6) is 0 Å². The van der Waals surface area contributed by atoms with Gasteiger partial charge in [-0.2, -0.15) is 0 Å². The van der Waals surface area contributed by atoms with Gasteiger partial charge in [0, 0.05) is 13.3 Å². The highest BCUT2D eigenvalue weighted by Crippen LogP contribution is 2.10. The van der Waals surface area contributed by atoms with E-state index in [4.69, 9.17) is 0 Å². The fourth-order valence-electron chi connectivity index (χ4n) is 1.79. The highest BCUT2D eigenvalue weighted by atomic mass is 16.6. The Morgan fingerprint density at radius 2 is 1.29 bits per heavy atom. The normalized spacial score (nSPS) is 10.2. The van der Waals surface area contributed by atoms with Gasteiger partial charge in [0.1, 0.15) is 0 Å². The van der Waals surface area contributed by atoms with E-state index in [-0.39, 0.29) is 5.97 Å². The number of carbonyl (C=O) groups excluding carboxylic acids is 2. The van der Waals surface area contributed by atoms with E-state index in [9.17, 15) is 9.59 Å². The van der Waals surface area contributed by atoms with Crippen molar-refractivity contribution < 1.29 is 14.3 Å². The number of hydrogen-bond donors (Lipinski definition) is 0. The smallest absolute Gasteiger partial charge is 0.313 e. The molecule has 0 atom stereocenters. The van der Waals surface area contributed by atoms with Crippen molar-refractivity contribution in [3.63, 3.8) is 0 Å². The van der Waals surface area contributed by atoms with E-state index in [0.29, 0.717) is 6.42 Å². The molecule has 17 heavy (non-hydrogen) atoms. The van der Waals surface area contributed by atoms with Crippen molar-refractivity contribution in [1.29, 1.82) is 0 Å². The quantitative estimate of drug-likeness (QED) is 0.330. The lowest BCUT2D eigenvalue weighted by Crippen LogP contribution is -2.08. The van der Waals surface area contributed by atoms with Gasteiger partial charge < -0.3 is 4.74 Å². The molecule has 0 radical (unpaired) electrons. The molecule has 0 amide bonds. The van der Waals surface area contributed by atoms with Gasteiger partial charge in [0.2, 0.25) is 0 Å². The molecule has 0 saturated heterocycles. The minimum Gasteiger partial charge on any atom is -0.393 e. The Hall–Kier alpha value is -0.860. The molecule has 0 fully saturated rings. The van der Waals surface area contributed by atoms with Crippen LogP contribution in [0.3, 0.4) is 0 Å². The Balaban J connectivity index is 3.13. The lowest BCUT2D eigenvalue weighted by Gasteiger charge is -2.02. The Bertz CT molecular complexity index is 212. The van der Waals surface area contributed by atoms with Crippen molar-refractivity contribution >= 4 is 11.9 Å². The molecule has 0 heterocycles. The predicted molar refractivity (Wildman–Crippen MR) is 68.6 cm³/mol. The zero-order chi connectivity index (χ0) is 12.9. The van der Waals surface area contributed by atoms with Crippen LogP contribution >= 0.6 is 0 Å². The SMILES string of the molecule is CCCCCCCCCCCC(=O)OC(C)=O.